The first kappa shape index (κ1) is 27.7. The molecule has 8 heteroatoms. The molecule has 1 aliphatic rings. The zero-order chi connectivity index (χ0) is 28.1. The van der Waals surface area contributed by atoms with Crippen molar-refractivity contribution in [1.82, 2.24) is 4.90 Å². The number of carbonyl (C=O) groups excluding carboxylic acids is 2. The van der Waals surface area contributed by atoms with Crippen molar-refractivity contribution in [2.75, 3.05) is 41.4 Å². The Morgan fingerprint density at radius 3 is 2.36 bits per heavy atom. The Bertz CT molecular complexity index is 1380. The molecule has 1 amide bonds. The molecule has 204 valence electrons. The van der Waals surface area contributed by atoms with E-state index in [1.807, 2.05) is 45.3 Å². The number of quaternary nitrogens is 1. The van der Waals surface area contributed by atoms with Crippen LogP contribution in [0, 0.1) is 6.92 Å². The maximum atomic E-state index is 13.7. The fourth-order valence-electron chi connectivity index (χ4n) is 4.53. The van der Waals surface area contributed by atoms with Crippen LogP contribution in [0.15, 0.2) is 72.3 Å². The number of nitrogens with zero attached hydrogens (tertiary/aromatic N) is 1. The highest BCUT2D eigenvalue weighted by atomic mass is 16.5. The van der Waals surface area contributed by atoms with E-state index in [0.717, 1.165) is 16.0 Å². The molecule has 0 radical (unpaired) electrons. The SMILES string of the molecule is COc1cccc(/C([O-])=C2\C(=O)C(=O)N(CC[NH+](C)C)C2c2ccc(OCc3ccc(C)cc3)c(OC)c2)c1. The minimum Gasteiger partial charge on any atom is -0.872 e. The summed E-state index contributed by atoms with van der Waals surface area (Å²) in [7, 11) is 6.96. The zero-order valence-corrected chi connectivity index (χ0v) is 22.9. The van der Waals surface area contributed by atoms with E-state index in [2.05, 4.69) is 0 Å². The van der Waals surface area contributed by atoms with E-state index < -0.39 is 23.5 Å². The summed E-state index contributed by atoms with van der Waals surface area (Å²) >= 11 is 0. The summed E-state index contributed by atoms with van der Waals surface area (Å²) in [6.07, 6.45) is 0. The normalized spacial score (nSPS) is 16.6. The van der Waals surface area contributed by atoms with E-state index in [9.17, 15) is 14.7 Å². The summed E-state index contributed by atoms with van der Waals surface area (Å²) in [4.78, 5) is 29.1. The minimum atomic E-state index is -0.858. The van der Waals surface area contributed by atoms with Gasteiger partial charge in [-0.25, -0.2) is 0 Å². The Morgan fingerprint density at radius 2 is 1.69 bits per heavy atom. The van der Waals surface area contributed by atoms with Gasteiger partial charge in [0, 0.05) is 5.57 Å². The Kier molecular flexibility index (Phi) is 8.56. The van der Waals surface area contributed by atoms with E-state index >= 15 is 0 Å². The molecule has 1 aliphatic heterocycles. The molecule has 0 bridgehead atoms. The van der Waals surface area contributed by atoms with Crippen LogP contribution in [0.3, 0.4) is 0 Å². The Morgan fingerprint density at radius 1 is 0.949 bits per heavy atom. The van der Waals surface area contributed by atoms with Crippen LogP contribution >= 0.6 is 0 Å². The number of benzene rings is 3. The predicted octanol–water partition coefficient (Wildman–Crippen LogP) is 1.96. The van der Waals surface area contributed by atoms with Gasteiger partial charge in [-0.3, -0.25) is 9.59 Å². The first-order chi connectivity index (χ1) is 18.7. The molecule has 3 aromatic carbocycles. The van der Waals surface area contributed by atoms with Crippen molar-refractivity contribution in [3.05, 3.63) is 94.6 Å². The van der Waals surface area contributed by atoms with Gasteiger partial charge in [-0.05, 0) is 47.9 Å². The molecule has 3 aromatic rings. The van der Waals surface area contributed by atoms with E-state index in [1.54, 1.807) is 42.5 Å². The van der Waals surface area contributed by atoms with Gasteiger partial charge in [-0.1, -0.05) is 53.8 Å². The van der Waals surface area contributed by atoms with E-state index in [0.29, 0.717) is 42.5 Å². The topological polar surface area (TPSA) is 92.6 Å². The number of rotatable bonds is 10. The minimum absolute atomic E-state index is 0.0858. The van der Waals surface area contributed by atoms with Crippen molar-refractivity contribution in [1.29, 1.82) is 0 Å². The molecule has 1 N–H and O–H groups in total. The van der Waals surface area contributed by atoms with Crippen LogP contribution in [-0.4, -0.2) is 58.0 Å². The fourth-order valence-corrected chi connectivity index (χ4v) is 4.53. The third kappa shape index (κ3) is 6.07. The number of carbonyl (C=O) groups is 2. The smallest absolute Gasteiger partial charge is 0.295 e. The highest BCUT2D eigenvalue weighted by Crippen LogP contribution is 2.41. The largest absolute Gasteiger partial charge is 0.872 e. The number of ketones is 1. The van der Waals surface area contributed by atoms with Crippen LogP contribution in [0.25, 0.3) is 5.76 Å². The van der Waals surface area contributed by atoms with Gasteiger partial charge in [0.25, 0.3) is 5.91 Å². The Hall–Kier alpha value is -4.30. The lowest BCUT2D eigenvalue weighted by molar-refractivity contribution is -0.857. The second-order valence-corrected chi connectivity index (χ2v) is 9.85. The Balaban J connectivity index is 1.75. The average Bonchev–Trinajstić information content (AvgIpc) is 3.20. The number of hydrogen-bond donors (Lipinski definition) is 1. The second kappa shape index (κ2) is 12.0. The first-order valence-corrected chi connectivity index (χ1v) is 12.8. The standard InChI is InChI=1S/C31H34N2O6/c1-20-9-11-21(12-10-20)19-39-25-14-13-22(18-26(25)38-5)28-27(29(34)23-7-6-8-24(17-23)37-4)30(35)31(36)33(28)16-15-32(2)3/h6-14,17-18,28,34H,15-16,19H2,1-5H3/b29-27+. The fraction of sp³-hybridized carbons (Fsp3) is 0.290. The monoisotopic (exact) mass is 530 g/mol. The lowest BCUT2D eigenvalue weighted by Gasteiger charge is -2.28. The number of hydrogen-bond acceptors (Lipinski definition) is 6. The molecule has 1 fully saturated rings. The molecule has 1 heterocycles. The number of likely N-dealkylation sites (tertiary alicyclic amines) is 1. The van der Waals surface area contributed by atoms with Crippen molar-refractivity contribution in [3.8, 4) is 17.2 Å². The lowest BCUT2D eigenvalue weighted by atomic mass is 9.95. The number of amides is 1. The third-order valence-electron chi connectivity index (χ3n) is 6.73. The average molecular weight is 531 g/mol. The lowest BCUT2D eigenvalue weighted by Crippen LogP contribution is -3.06. The highest BCUT2D eigenvalue weighted by molar-refractivity contribution is 6.46. The number of nitrogens with one attached hydrogen (secondary N) is 1. The number of likely N-dealkylation sites (N-methyl/N-ethyl adjacent to an activating group) is 1. The van der Waals surface area contributed by atoms with E-state index in [-0.39, 0.29) is 11.1 Å². The zero-order valence-electron chi connectivity index (χ0n) is 22.9. The number of Topliss-reactive ketones (excluding diaryl/α,β-unsaturated/α-hetero) is 1. The van der Waals surface area contributed by atoms with E-state index in [4.69, 9.17) is 14.2 Å². The molecular formula is C31H34N2O6. The molecule has 39 heavy (non-hydrogen) atoms. The van der Waals surface area contributed by atoms with Gasteiger partial charge in [0.15, 0.2) is 11.5 Å². The second-order valence-electron chi connectivity index (χ2n) is 9.85. The van der Waals surface area contributed by atoms with Crippen LogP contribution in [0.1, 0.15) is 28.3 Å². The van der Waals surface area contributed by atoms with Crippen LogP contribution < -0.4 is 24.2 Å². The van der Waals surface area contributed by atoms with Crippen molar-refractivity contribution in [2.45, 2.75) is 19.6 Å². The van der Waals surface area contributed by atoms with Gasteiger partial charge >= 0.3 is 0 Å². The quantitative estimate of drug-likeness (QED) is 0.245. The van der Waals surface area contributed by atoms with Crippen molar-refractivity contribution < 1.29 is 33.8 Å². The first-order valence-electron chi connectivity index (χ1n) is 12.8. The van der Waals surface area contributed by atoms with Gasteiger partial charge in [0.05, 0.1) is 47.4 Å². The molecule has 0 aliphatic carbocycles. The van der Waals surface area contributed by atoms with Crippen LogP contribution in [0.5, 0.6) is 17.2 Å². The maximum absolute atomic E-state index is 13.7. The number of ether oxygens (including phenoxy) is 3. The summed E-state index contributed by atoms with van der Waals surface area (Å²) in [5.41, 5.74) is 2.96. The van der Waals surface area contributed by atoms with Gasteiger partial charge in [0.2, 0.25) is 5.78 Å². The summed E-state index contributed by atoms with van der Waals surface area (Å²) in [5.74, 6) is -0.540. The van der Waals surface area contributed by atoms with E-state index in [1.165, 1.54) is 19.1 Å². The molecule has 8 nitrogen and oxygen atoms in total. The molecule has 1 atom stereocenters. The summed E-state index contributed by atoms with van der Waals surface area (Å²) in [6.45, 7) is 3.28. The molecule has 0 aromatic heterocycles. The van der Waals surface area contributed by atoms with Crippen LogP contribution in [0.2, 0.25) is 0 Å². The van der Waals surface area contributed by atoms with Crippen molar-refractivity contribution >= 4 is 17.4 Å². The summed E-state index contributed by atoms with van der Waals surface area (Å²) < 4.78 is 16.9. The third-order valence-corrected chi connectivity index (χ3v) is 6.73. The summed E-state index contributed by atoms with van der Waals surface area (Å²) in [6, 6.07) is 19.0. The van der Waals surface area contributed by atoms with Gasteiger partial charge in [-0.15, -0.1) is 0 Å². The van der Waals surface area contributed by atoms with Crippen molar-refractivity contribution in [3.63, 3.8) is 0 Å². The van der Waals surface area contributed by atoms with Gasteiger partial charge in [-0.2, -0.15) is 0 Å². The molecule has 4 rings (SSSR count). The number of aryl methyl sites for hydroxylation is 1. The molecule has 1 unspecified atom stereocenters. The van der Waals surface area contributed by atoms with Crippen molar-refractivity contribution in [2.24, 2.45) is 0 Å². The van der Waals surface area contributed by atoms with Crippen LogP contribution in [0.4, 0.5) is 0 Å². The molecular weight excluding hydrogens is 496 g/mol. The maximum Gasteiger partial charge on any atom is 0.295 e. The molecule has 0 saturated carbocycles. The summed E-state index contributed by atoms with van der Waals surface area (Å²) in [5, 5.41) is 13.7. The molecule has 1 saturated heterocycles. The van der Waals surface area contributed by atoms with Gasteiger partial charge < -0.3 is 29.1 Å². The highest BCUT2D eigenvalue weighted by Gasteiger charge is 2.44. The Labute approximate surface area is 229 Å². The van der Waals surface area contributed by atoms with Gasteiger partial charge in [0.1, 0.15) is 12.4 Å². The van der Waals surface area contributed by atoms with Crippen LogP contribution in [-0.2, 0) is 16.2 Å². The molecule has 0 spiro atoms. The number of methoxy groups -OCH3 is 2. The predicted molar refractivity (Wildman–Crippen MR) is 146 cm³/mol.